The van der Waals surface area contributed by atoms with Gasteiger partial charge in [0.15, 0.2) is 0 Å². The number of carbonyl (C=O) groups is 2. The van der Waals surface area contributed by atoms with E-state index in [1.54, 1.807) is 0 Å². The number of hydrogen-bond acceptors (Lipinski definition) is 5. The number of benzene rings is 1. The summed E-state index contributed by atoms with van der Waals surface area (Å²) < 4.78 is 9.50. The molecule has 0 radical (unpaired) electrons. The van der Waals surface area contributed by atoms with Gasteiger partial charge < -0.3 is 19.6 Å². The molecule has 0 unspecified atom stereocenters. The first-order valence-electron chi connectivity index (χ1n) is 5.55. The zero-order valence-corrected chi connectivity index (χ0v) is 10.7. The van der Waals surface area contributed by atoms with E-state index < -0.39 is 28.6 Å². The summed E-state index contributed by atoms with van der Waals surface area (Å²) in [5.74, 6) is -1.96. The normalized spacial score (nSPS) is 10.3. The van der Waals surface area contributed by atoms with E-state index >= 15 is 0 Å². The molecule has 7 nitrogen and oxygen atoms in total. The summed E-state index contributed by atoms with van der Waals surface area (Å²) in [6, 6.07) is 4.45. The van der Waals surface area contributed by atoms with Crippen LogP contribution in [0, 0.1) is 0 Å². The van der Waals surface area contributed by atoms with Gasteiger partial charge in [-0.2, -0.15) is 0 Å². The predicted molar refractivity (Wildman–Crippen MR) is 69.4 cm³/mol. The molecule has 2 aromatic rings. The van der Waals surface area contributed by atoms with E-state index in [1.165, 1.54) is 25.3 Å². The Morgan fingerprint density at radius 3 is 2.50 bits per heavy atom. The van der Waals surface area contributed by atoms with Crippen molar-refractivity contribution >= 4 is 22.8 Å². The van der Waals surface area contributed by atoms with Crippen molar-refractivity contribution < 1.29 is 24.2 Å². The number of esters is 1. The van der Waals surface area contributed by atoms with Crippen LogP contribution in [0.15, 0.2) is 23.0 Å². The van der Waals surface area contributed by atoms with Gasteiger partial charge in [-0.1, -0.05) is 0 Å². The lowest BCUT2D eigenvalue weighted by Crippen LogP contribution is -2.23. The van der Waals surface area contributed by atoms with Crippen molar-refractivity contribution in [2.24, 2.45) is 0 Å². The van der Waals surface area contributed by atoms with Gasteiger partial charge in [-0.05, 0) is 12.1 Å². The molecule has 0 fully saturated rings. The highest BCUT2D eigenvalue weighted by Gasteiger charge is 2.23. The lowest BCUT2D eigenvalue weighted by atomic mass is 10.1. The summed E-state index contributed by atoms with van der Waals surface area (Å²) in [7, 11) is 2.55. The molecule has 0 spiro atoms. The van der Waals surface area contributed by atoms with Crippen LogP contribution >= 0.6 is 0 Å². The lowest BCUT2D eigenvalue weighted by molar-refractivity contribution is 0.0575. The standard InChI is InChI=1S/C13H11NO6/c1-19-6-3-4-7-8(5-6)14-10(13(18)20-2)9(11(7)15)12(16)17/h3-5H,1-2H3,(H,14,15)(H,16,17). The van der Waals surface area contributed by atoms with Crippen molar-refractivity contribution in [3.63, 3.8) is 0 Å². The summed E-state index contributed by atoms with van der Waals surface area (Å²) in [4.78, 5) is 37.5. The maximum absolute atomic E-state index is 12.2. The first kappa shape index (κ1) is 13.6. The second kappa shape index (κ2) is 5.04. The Balaban J connectivity index is 2.89. The summed E-state index contributed by atoms with van der Waals surface area (Å²) in [6.07, 6.45) is 0. The van der Waals surface area contributed by atoms with E-state index in [4.69, 9.17) is 9.84 Å². The van der Waals surface area contributed by atoms with Crippen molar-refractivity contribution in [3.8, 4) is 5.75 Å². The monoisotopic (exact) mass is 277 g/mol. The predicted octanol–water partition coefficient (Wildman–Crippen LogP) is 1.02. The van der Waals surface area contributed by atoms with Gasteiger partial charge in [0.05, 0.1) is 19.7 Å². The molecule has 1 aromatic heterocycles. The maximum atomic E-state index is 12.2. The van der Waals surface area contributed by atoms with Crippen LogP contribution in [0.25, 0.3) is 10.9 Å². The number of carboxylic acid groups (broad SMARTS) is 1. The number of fused-ring (bicyclic) bond motifs is 1. The van der Waals surface area contributed by atoms with E-state index in [9.17, 15) is 14.4 Å². The van der Waals surface area contributed by atoms with Gasteiger partial charge in [0.1, 0.15) is 17.0 Å². The summed E-state index contributed by atoms with van der Waals surface area (Å²) in [5.41, 5.74) is -1.51. The lowest BCUT2D eigenvalue weighted by Gasteiger charge is -2.08. The zero-order valence-electron chi connectivity index (χ0n) is 10.7. The highest BCUT2D eigenvalue weighted by molar-refractivity contribution is 6.04. The molecule has 104 valence electrons. The fourth-order valence-electron chi connectivity index (χ4n) is 1.86. The molecule has 1 aromatic carbocycles. The largest absolute Gasteiger partial charge is 0.497 e. The van der Waals surface area contributed by atoms with E-state index in [0.717, 1.165) is 7.11 Å². The van der Waals surface area contributed by atoms with Crippen LogP contribution in [0.2, 0.25) is 0 Å². The highest BCUT2D eigenvalue weighted by Crippen LogP contribution is 2.18. The number of H-pyrrole nitrogens is 1. The Morgan fingerprint density at radius 1 is 1.25 bits per heavy atom. The topological polar surface area (TPSA) is 106 Å². The zero-order chi connectivity index (χ0) is 14.9. The molecule has 0 aliphatic heterocycles. The number of carbonyl (C=O) groups excluding carboxylic acids is 1. The van der Waals surface area contributed by atoms with E-state index in [0.29, 0.717) is 11.3 Å². The summed E-state index contributed by atoms with van der Waals surface area (Å²) in [6.45, 7) is 0. The number of hydrogen-bond donors (Lipinski definition) is 2. The number of aromatic carboxylic acids is 1. The molecule has 2 rings (SSSR count). The average molecular weight is 277 g/mol. The van der Waals surface area contributed by atoms with Crippen LogP contribution < -0.4 is 10.2 Å². The van der Waals surface area contributed by atoms with Gasteiger partial charge in [-0.15, -0.1) is 0 Å². The molecule has 0 saturated carbocycles. The number of ether oxygens (including phenoxy) is 2. The van der Waals surface area contributed by atoms with Crippen molar-refractivity contribution in [2.45, 2.75) is 0 Å². The van der Waals surface area contributed by atoms with Crippen LogP contribution in [0.5, 0.6) is 5.75 Å². The quantitative estimate of drug-likeness (QED) is 0.811. The van der Waals surface area contributed by atoms with Crippen molar-refractivity contribution in [1.82, 2.24) is 4.98 Å². The molecule has 0 aliphatic rings. The summed E-state index contributed by atoms with van der Waals surface area (Å²) in [5, 5.41) is 9.25. The second-order valence-corrected chi connectivity index (χ2v) is 3.91. The molecule has 0 amide bonds. The number of carboxylic acids is 1. The molecule has 2 N–H and O–H groups in total. The van der Waals surface area contributed by atoms with Crippen molar-refractivity contribution in [2.75, 3.05) is 14.2 Å². The molecule has 0 saturated heterocycles. The SMILES string of the molecule is COC(=O)c1[nH]c2cc(OC)ccc2c(=O)c1C(=O)O. The minimum Gasteiger partial charge on any atom is -0.497 e. The molecule has 0 bridgehead atoms. The molecule has 7 heteroatoms. The fourth-order valence-corrected chi connectivity index (χ4v) is 1.86. The Labute approximate surface area is 112 Å². The van der Waals surface area contributed by atoms with Crippen LogP contribution in [0.1, 0.15) is 20.8 Å². The van der Waals surface area contributed by atoms with Gasteiger partial charge in [0.2, 0.25) is 5.43 Å². The third kappa shape index (κ3) is 2.09. The van der Waals surface area contributed by atoms with Crippen LogP contribution in [-0.2, 0) is 4.74 Å². The maximum Gasteiger partial charge on any atom is 0.355 e. The van der Waals surface area contributed by atoms with Crippen LogP contribution in [0.4, 0.5) is 0 Å². The van der Waals surface area contributed by atoms with Gasteiger partial charge in [-0.3, -0.25) is 4.79 Å². The van der Waals surface area contributed by atoms with Crippen molar-refractivity contribution in [3.05, 3.63) is 39.7 Å². The highest BCUT2D eigenvalue weighted by atomic mass is 16.5. The number of aromatic amines is 1. The van der Waals surface area contributed by atoms with Crippen molar-refractivity contribution in [1.29, 1.82) is 0 Å². The van der Waals surface area contributed by atoms with Gasteiger partial charge in [-0.25, -0.2) is 9.59 Å². The molecule has 1 heterocycles. The molecular weight excluding hydrogens is 266 g/mol. The molecule has 20 heavy (non-hydrogen) atoms. The van der Waals surface area contributed by atoms with Crippen LogP contribution in [0.3, 0.4) is 0 Å². The smallest absolute Gasteiger partial charge is 0.355 e. The second-order valence-electron chi connectivity index (χ2n) is 3.91. The number of aromatic nitrogens is 1. The van der Waals surface area contributed by atoms with Gasteiger partial charge in [0.25, 0.3) is 0 Å². The minimum atomic E-state index is -1.50. The third-order valence-corrected chi connectivity index (χ3v) is 2.81. The number of nitrogens with one attached hydrogen (secondary N) is 1. The fraction of sp³-hybridized carbons (Fsp3) is 0.154. The Morgan fingerprint density at radius 2 is 1.95 bits per heavy atom. The molecule has 0 aliphatic carbocycles. The number of methoxy groups -OCH3 is 2. The van der Waals surface area contributed by atoms with Gasteiger partial charge in [0, 0.05) is 11.5 Å². The van der Waals surface area contributed by atoms with Gasteiger partial charge >= 0.3 is 11.9 Å². The van der Waals surface area contributed by atoms with E-state index in [-0.39, 0.29) is 5.39 Å². The number of rotatable bonds is 3. The first-order valence-corrected chi connectivity index (χ1v) is 5.55. The van der Waals surface area contributed by atoms with E-state index in [1.807, 2.05) is 0 Å². The summed E-state index contributed by atoms with van der Waals surface area (Å²) >= 11 is 0. The Bertz CT molecular complexity index is 761. The number of pyridine rings is 1. The molecule has 0 atom stereocenters. The average Bonchev–Trinajstić information content (AvgIpc) is 2.45. The first-order chi connectivity index (χ1) is 9.49. The Kier molecular flexibility index (Phi) is 3.43. The molecular formula is C13H11NO6. The van der Waals surface area contributed by atoms with E-state index in [2.05, 4.69) is 9.72 Å². The minimum absolute atomic E-state index is 0.149. The Hall–Kier alpha value is -2.83. The third-order valence-electron chi connectivity index (χ3n) is 2.81. The van der Waals surface area contributed by atoms with Crippen LogP contribution in [-0.4, -0.2) is 36.2 Å².